The van der Waals surface area contributed by atoms with Gasteiger partial charge in [0, 0.05) is 52.5 Å². The van der Waals surface area contributed by atoms with Crippen molar-refractivity contribution in [3.63, 3.8) is 0 Å². The zero-order valence-corrected chi connectivity index (χ0v) is 20.7. The van der Waals surface area contributed by atoms with Crippen molar-refractivity contribution in [1.82, 2.24) is 15.5 Å². The van der Waals surface area contributed by atoms with Crippen molar-refractivity contribution >= 4 is 29.9 Å². The number of halogens is 1. The Kier molecular flexibility index (Phi) is 10.2. The van der Waals surface area contributed by atoms with Gasteiger partial charge in [-0.1, -0.05) is 43.2 Å². The van der Waals surface area contributed by atoms with Crippen LogP contribution in [0.15, 0.2) is 35.3 Å². The third-order valence-corrected chi connectivity index (χ3v) is 6.63. The molecule has 29 heavy (non-hydrogen) atoms. The van der Waals surface area contributed by atoms with Crippen LogP contribution in [0.1, 0.15) is 51.0 Å². The Balaban J connectivity index is 0.00000300. The van der Waals surface area contributed by atoms with Crippen molar-refractivity contribution in [2.45, 2.75) is 64.1 Å². The van der Waals surface area contributed by atoms with E-state index in [2.05, 4.69) is 57.8 Å². The highest BCUT2D eigenvalue weighted by Crippen LogP contribution is 2.40. The molecule has 1 aromatic carbocycles. The summed E-state index contributed by atoms with van der Waals surface area (Å²) in [5, 5.41) is 7.31. The lowest BCUT2D eigenvalue weighted by atomic mass is 9.83. The second-order valence-corrected chi connectivity index (χ2v) is 8.72. The van der Waals surface area contributed by atoms with Crippen LogP contribution >= 0.6 is 24.0 Å². The van der Waals surface area contributed by atoms with Gasteiger partial charge < -0.3 is 15.4 Å². The Morgan fingerprint density at radius 2 is 1.97 bits per heavy atom. The Hall–Kier alpha value is -0.860. The lowest BCUT2D eigenvalue weighted by molar-refractivity contribution is 0.138. The number of likely N-dealkylation sites (tertiary alicyclic amines) is 1. The molecule has 3 rings (SSSR count). The highest BCUT2D eigenvalue weighted by atomic mass is 127. The molecular formula is C23H39IN4O. The number of nitrogens with zero attached hydrogens (tertiary/aromatic N) is 2. The quantitative estimate of drug-likeness (QED) is 0.313. The molecule has 2 aliphatic rings. The molecule has 0 aromatic heterocycles. The summed E-state index contributed by atoms with van der Waals surface area (Å²) in [5.74, 6) is 0.947. The minimum atomic E-state index is 0. The van der Waals surface area contributed by atoms with E-state index in [0.717, 1.165) is 45.0 Å². The van der Waals surface area contributed by atoms with E-state index in [4.69, 9.17) is 4.74 Å². The van der Waals surface area contributed by atoms with Crippen molar-refractivity contribution in [2.75, 3.05) is 33.9 Å². The van der Waals surface area contributed by atoms with Gasteiger partial charge in [-0.3, -0.25) is 9.89 Å². The molecule has 1 heterocycles. The van der Waals surface area contributed by atoms with E-state index in [1.807, 2.05) is 7.05 Å². The van der Waals surface area contributed by atoms with E-state index >= 15 is 0 Å². The van der Waals surface area contributed by atoms with Gasteiger partial charge in [0.1, 0.15) is 0 Å². The van der Waals surface area contributed by atoms with Crippen molar-refractivity contribution in [1.29, 1.82) is 0 Å². The second kappa shape index (κ2) is 12.1. The first kappa shape index (κ1) is 24.4. The lowest BCUT2D eigenvalue weighted by Gasteiger charge is -2.30. The van der Waals surface area contributed by atoms with Crippen LogP contribution in [0.4, 0.5) is 0 Å². The van der Waals surface area contributed by atoms with E-state index < -0.39 is 0 Å². The van der Waals surface area contributed by atoms with Crippen molar-refractivity contribution in [3.05, 3.63) is 35.9 Å². The summed E-state index contributed by atoms with van der Waals surface area (Å²) in [5.41, 5.74) is 1.76. The molecule has 0 spiro atoms. The number of guanidine groups is 1. The summed E-state index contributed by atoms with van der Waals surface area (Å²) in [6.45, 7) is 6.26. The summed E-state index contributed by atoms with van der Waals surface area (Å²) in [6, 6.07) is 11.8. The van der Waals surface area contributed by atoms with Gasteiger partial charge in [-0.05, 0) is 43.6 Å². The van der Waals surface area contributed by atoms with Gasteiger partial charge in [-0.2, -0.15) is 0 Å². The monoisotopic (exact) mass is 514 g/mol. The Labute approximate surface area is 194 Å². The molecule has 164 valence electrons. The topological polar surface area (TPSA) is 48.9 Å². The largest absolute Gasteiger partial charge is 0.385 e. The first-order valence-corrected chi connectivity index (χ1v) is 10.9. The molecule has 2 N–H and O–H groups in total. The van der Waals surface area contributed by atoms with Crippen molar-refractivity contribution in [3.8, 4) is 0 Å². The van der Waals surface area contributed by atoms with Gasteiger partial charge in [0.25, 0.3) is 0 Å². The number of hydrogen-bond donors (Lipinski definition) is 2. The second-order valence-electron chi connectivity index (χ2n) is 8.72. The van der Waals surface area contributed by atoms with Gasteiger partial charge in [-0.15, -0.1) is 24.0 Å². The van der Waals surface area contributed by atoms with E-state index in [9.17, 15) is 0 Å². The summed E-state index contributed by atoms with van der Waals surface area (Å²) in [4.78, 5) is 7.07. The standard InChI is InChI=1S/C23H38N4O.HI/c1-19-15-21(17-27(19)16-20-9-5-4-6-10-20)26-22(24-2)25-18-23(13-14-28-3)11-7-8-12-23;/h4-6,9-10,19,21H,7-8,11-18H2,1-3H3,(H2,24,25,26);1H. The van der Waals surface area contributed by atoms with Crippen molar-refractivity contribution in [2.24, 2.45) is 10.4 Å². The number of benzene rings is 1. The third-order valence-electron chi connectivity index (χ3n) is 6.63. The first-order chi connectivity index (χ1) is 13.6. The molecule has 2 atom stereocenters. The Morgan fingerprint density at radius 1 is 1.24 bits per heavy atom. The number of aliphatic imine (C=N–C) groups is 1. The van der Waals surface area contributed by atoms with Crippen LogP contribution in [0.25, 0.3) is 0 Å². The van der Waals surface area contributed by atoms with Gasteiger partial charge >= 0.3 is 0 Å². The summed E-state index contributed by atoms with van der Waals surface area (Å²) in [7, 11) is 3.69. The van der Waals surface area contributed by atoms with Crippen LogP contribution in [-0.4, -0.2) is 56.8 Å². The Bertz CT molecular complexity index is 619. The molecule has 5 nitrogen and oxygen atoms in total. The normalized spacial score (nSPS) is 24.3. The van der Waals surface area contributed by atoms with Gasteiger partial charge in [-0.25, -0.2) is 0 Å². The van der Waals surface area contributed by atoms with Crippen LogP contribution in [0.2, 0.25) is 0 Å². The number of nitrogens with one attached hydrogen (secondary N) is 2. The molecule has 2 unspecified atom stereocenters. The van der Waals surface area contributed by atoms with E-state index in [1.165, 1.54) is 31.2 Å². The number of methoxy groups -OCH3 is 1. The van der Waals surface area contributed by atoms with E-state index in [-0.39, 0.29) is 24.0 Å². The summed E-state index contributed by atoms with van der Waals surface area (Å²) < 4.78 is 5.36. The average Bonchev–Trinajstić information content (AvgIpc) is 3.31. The smallest absolute Gasteiger partial charge is 0.191 e. The van der Waals surface area contributed by atoms with Crippen molar-refractivity contribution < 1.29 is 4.74 Å². The fourth-order valence-corrected chi connectivity index (χ4v) is 4.86. The zero-order chi connectivity index (χ0) is 19.8. The molecule has 1 aliphatic carbocycles. The minimum Gasteiger partial charge on any atom is -0.385 e. The first-order valence-electron chi connectivity index (χ1n) is 10.9. The molecule has 2 fully saturated rings. The van der Waals surface area contributed by atoms with Crippen LogP contribution in [0.3, 0.4) is 0 Å². The molecule has 1 saturated heterocycles. The van der Waals surface area contributed by atoms with Crippen LogP contribution in [-0.2, 0) is 11.3 Å². The molecule has 0 amide bonds. The van der Waals surface area contributed by atoms with Gasteiger partial charge in [0.15, 0.2) is 5.96 Å². The summed E-state index contributed by atoms with van der Waals surface area (Å²) in [6.07, 6.45) is 7.57. The number of ether oxygens (including phenoxy) is 1. The predicted octanol–water partition coefficient (Wildman–Crippen LogP) is 4.03. The highest BCUT2D eigenvalue weighted by molar-refractivity contribution is 14.0. The molecule has 0 radical (unpaired) electrons. The molecule has 6 heteroatoms. The molecular weight excluding hydrogens is 475 g/mol. The molecule has 1 saturated carbocycles. The van der Waals surface area contributed by atoms with Crippen LogP contribution < -0.4 is 10.6 Å². The fourth-order valence-electron chi connectivity index (χ4n) is 4.86. The average molecular weight is 514 g/mol. The van der Waals surface area contributed by atoms with E-state index in [0.29, 0.717) is 17.5 Å². The van der Waals surface area contributed by atoms with E-state index in [1.54, 1.807) is 7.11 Å². The zero-order valence-electron chi connectivity index (χ0n) is 18.3. The molecule has 1 aromatic rings. The maximum absolute atomic E-state index is 5.36. The number of hydrogen-bond acceptors (Lipinski definition) is 3. The van der Waals surface area contributed by atoms with Crippen LogP contribution in [0.5, 0.6) is 0 Å². The highest BCUT2D eigenvalue weighted by Gasteiger charge is 2.34. The SMILES string of the molecule is CN=C(NCC1(CCOC)CCCC1)NC1CC(C)N(Cc2ccccc2)C1.I. The fraction of sp³-hybridized carbons (Fsp3) is 0.696. The maximum atomic E-state index is 5.36. The van der Waals surface area contributed by atoms with Crippen LogP contribution in [0, 0.1) is 5.41 Å². The maximum Gasteiger partial charge on any atom is 0.191 e. The lowest BCUT2D eigenvalue weighted by Crippen LogP contribution is -2.47. The molecule has 0 bridgehead atoms. The van der Waals surface area contributed by atoms with Gasteiger partial charge in [0.2, 0.25) is 0 Å². The Morgan fingerprint density at radius 3 is 2.62 bits per heavy atom. The minimum absolute atomic E-state index is 0. The van der Waals surface area contributed by atoms with Gasteiger partial charge in [0.05, 0.1) is 0 Å². The third kappa shape index (κ3) is 7.10. The predicted molar refractivity (Wildman–Crippen MR) is 132 cm³/mol. The molecule has 1 aliphatic heterocycles. The summed E-state index contributed by atoms with van der Waals surface area (Å²) >= 11 is 0. The number of rotatable bonds is 8.